The van der Waals surface area contributed by atoms with Crippen molar-refractivity contribution < 1.29 is 14.6 Å². The van der Waals surface area contributed by atoms with E-state index >= 15 is 0 Å². The van der Waals surface area contributed by atoms with Gasteiger partial charge in [-0.05, 0) is 25.7 Å². The first kappa shape index (κ1) is 28.4. The fourth-order valence-electron chi connectivity index (χ4n) is 3.86. The molecule has 1 N–H and O–H groups in total. The Morgan fingerprint density at radius 3 is 1.41 bits per heavy atom. The molecule has 3 heteroatoms. The molecule has 29 heavy (non-hydrogen) atoms. The summed E-state index contributed by atoms with van der Waals surface area (Å²) in [7, 11) is 0. The number of hydrogen-bond donors (Lipinski definition) is 1. The highest BCUT2D eigenvalue weighted by atomic mass is 16.5. The van der Waals surface area contributed by atoms with Crippen molar-refractivity contribution >= 4 is 5.97 Å². The van der Waals surface area contributed by atoms with Crippen molar-refractivity contribution in [3.63, 3.8) is 0 Å². The number of carbonyl (C=O) groups is 1. The molecule has 174 valence electrons. The van der Waals surface area contributed by atoms with Crippen molar-refractivity contribution in [2.45, 2.75) is 155 Å². The lowest BCUT2D eigenvalue weighted by Crippen LogP contribution is -2.39. The minimum absolute atomic E-state index is 0.411. The monoisotopic (exact) mass is 412 g/mol. The van der Waals surface area contributed by atoms with Crippen molar-refractivity contribution in [3.05, 3.63) is 0 Å². The number of hydrogen-bond acceptors (Lipinski definition) is 3. The van der Waals surface area contributed by atoms with Crippen LogP contribution >= 0.6 is 0 Å². The molecular weight excluding hydrogens is 360 g/mol. The summed E-state index contributed by atoms with van der Waals surface area (Å²) in [6.07, 6.45) is 23.7. The van der Waals surface area contributed by atoms with Crippen LogP contribution in [0.1, 0.15) is 149 Å². The maximum absolute atomic E-state index is 12.2. The maximum atomic E-state index is 12.2. The Hall–Kier alpha value is -0.570. The first-order valence-electron chi connectivity index (χ1n) is 13.0. The lowest BCUT2D eigenvalue weighted by Gasteiger charge is -2.24. The summed E-state index contributed by atoms with van der Waals surface area (Å²) in [5.41, 5.74) is -1.28. The van der Waals surface area contributed by atoms with Gasteiger partial charge in [-0.1, -0.05) is 124 Å². The van der Waals surface area contributed by atoms with E-state index in [1.54, 1.807) is 0 Å². The minimum Gasteiger partial charge on any atom is -0.464 e. The SMILES string of the molecule is CCCCCCCCCCCCCCCCC(O)(CC)C(=O)OCCCCCC. The predicted molar refractivity (Wildman–Crippen MR) is 125 cm³/mol. The summed E-state index contributed by atoms with van der Waals surface area (Å²) in [4.78, 5) is 12.2. The van der Waals surface area contributed by atoms with E-state index < -0.39 is 11.6 Å². The second-order valence-corrected chi connectivity index (χ2v) is 8.93. The van der Waals surface area contributed by atoms with Gasteiger partial charge in [0.1, 0.15) is 0 Å². The topological polar surface area (TPSA) is 46.5 Å². The van der Waals surface area contributed by atoms with E-state index in [1.807, 2.05) is 6.92 Å². The highest BCUT2D eigenvalue weighted by Crippen LogP contribution is 2.22. The van der Waals surface area contributed by atoms with Gasteiger partial charge in [-0.3, -0.25) is 0 Å². The lowest BCUT2D eigenvalue weighted by molar-refractivity contribution is -0.167. The molecule has 0 aliphatic rings. The standard InChI is InChI=1S/C26H52O3/c1-4-7-9-11-12-13-14-15-16-17-18-19-20-21-23-26(28,6-3)25(27)29-24-22-10-8-5-2/h28H,4-24H2,1-3H3. The predicted octanol–water partition coefficient (Wildman–Crippen LogP) is 8.12. The maximum Gasteiger partial charge on any atom is 0.338 e. The van der Waals surface area contributed by atoms with Gasteiger partial charge >= 0.3 is 5.97 Å². The van der Waals surface area contributed by atoms with Crippen molar-refractivity contribution in [1.82, 2.24) is 0 Å². The third-order valence-electron chi connectivity index (χ3n) is 6.14. The van der Waals surface area contributed by atoms with Crippen molar-refractivity contribution in [2.75, 3.05) is 6.61 Å². The second-order valence-electron chi connectivity index (χ2n) is 8.93. The Morgan fingerprint density at radius 1 is 0.621 bits per heavy atom. The summed E-state index contributed by atoms with van der Waals surface area (Å²) < 4.78 is 5.33. The van der Waals surface area contributed by atoms with E-state index in [0.29, 0.717) is 19.4 Å². The molecule has 0 saturated heterocycles. The van der Waals surface area contributed by atoms with Gasteiger partial charge in [0.2, 0.25) is 0 Å². The molecule has 0 amide bonds. The van der Waals surface area contributed by atoms with Gasteiger partial charge in [0.15, 0.2) is 5.60 Å². The number of ether oxygens (including phenoxy) is 1. The third kappa shape index (κ3) is 16.9. The molecule has 0 aliphatic carbocycles. The van der Waals surface area contributed by atoms with Crippen LogP contribution < -0.4 is 0 Å². The van der Waals surface area contributed by atoms with Crippen LogP contribution in [0.4, 0.5) is 0 Å². The zero-order chi connectivity index (χ0) is 21.6. The highest BCUT2D eigenvalue weighted by Gasteiger charge is 2.34. The van der Waals surface area contributed by atoms with Crippen LogP contribution in [-0.4, -0.2) is 23.3 Å². The average Bonchev–Trinajstić information content (AvgIpc) is 2.73. The number of aliphatic hydroxyl groups is 1. The van der Waals surface area contributed by atoms with E-state index in [-0.39, 0.29) is 0 Å². The number of esters is 1. The van der Waals surface area contributed by atoms with E-state index in [9.17, 15) is 9.90 Å². The number of rotatable bonds is 22. The van der Waals surface area contributed by atoms with Crippen LogP contribution in [0.15, 0.2) is 0 Å². The van der Waals surface area contributed by atoms with Crippen molar-refractivity contribution in [3.8, 4) is 0 Å². The molecule has 0 saturated carbocycles. The zero-order valence-electron chi connectivity index (χ0n) is 20.1. The summed E-state index contributed by atoms with van der Waals surface area (Å²) in [6.45, 7) is 6.76. The zero-order valence-corrected chi connectivity index (χ0v) is 20.1. The number of unbranched alkanes of at least 4 members (excludes halogenated alkanes) is 16. The molecule has 0 heterocycles. The van der Waals surface area contributed by atoms with Gasteiger partial charge in [0.05, 0.1) is 6.61 Å². The van der Waals surface area contributed by atoms with Crippen molar-refractivity contribution in [1.29, 1.82) is 0 Å². The summed E-state index contributed by atoms with van der Waals surface area (Å²) in [5, 5.41) is 10.6. The molecule has 0 radical (unpaired) electrons. The molecule has 0 spiro atoms. The Morgan fingerprint density at radius 2 is 1.00 bits per heavy atom. The van der Waals surface area contributed by atoms with E-state index in [4.69, 9.17) is 4.74 Å². The lowest BCUT2D eigenvalue weighted by atomic mass is 9.93. The average molecular weight is 413 g/mol. The fraction of sp³-hybridized carbons (Fsp3) is 0.962. The molecular formula is C26H52O3. The molecule has 0 aromatic heterocycles. The molecule has 0 rings (SSSR count). The van der Waals surface area contributed by atoms with Gasteiger partial charge in [-0.25, -0.2) is 4.79 Å². The molecule has 3 nitrogen and oxygen atoms in total. The first-order valence-corrected chi connectivity index (χ1v) is 13.0. The van der Waals surface area contributed by atoms with Crippen LogP contribution in [0.2, 0.25) is 0 Å². The summed E-state index contributed by atoms with van der Waals surface area (Å²) in [6, 6.07) is 0. The molecule has 0 fully saturated rings. The largest absolute Gasteiger partial charge is 0.464 e. The van der Waals surface area contributed by atoms with E-state index in [2.05, 4.69) is 13.8 Å². The molecule has 1 unspecified atom stereocenters. The first-order chi connectivity index (χ1) is 14.1. The highest BCUT2D eigenvalue weighted by molar-refractivity contribution is 5.79. The van der Waals surface area contributed by atoms with Gasteiger partial charge < -0.3 is 9.84 Å². The Bertz CT molecular complexity index is 356. The minimum atomic E-state index is -1.28. The van der Waals surface area contributed by atoms with Crippen LogP contribution in [0.5, 0.6) is 0 Å². The summed E-state index contributed by atoms with van der Waals surface area (Å²) in [5.74, 6) is -0.411. The van der Waals surface area contributed by atoms with Crippen LogP contribution in [0.3, 0.4) is 0 Å². The smallest absolute Gasteiger partial charge is 0.338 e. The molecule has 1 atom stereocenters. The second kappa shape index (κ2) is 20.7. The van der Waals surface area contributed by atoms with Gasteiger partial charge in [0, 0.05) is 0 Å². The Balaban J connectivity index is 3.57. The Labute approximate surface area is 182 Å². The Kier molecular flexibility index (Phi) is 20.3. The fourth-order valence-corrected chi connectivity index (χ4v) is 3.86. The molecule has 0 aromatic rings. The van der Waals surface area contributed by atoms with Crippen LogP contribution in [0, 0.1) is 0 Å². The molecule has 0 aromatic carbocycles. The van der Waals surface area contributed by atoms with Gasteiger partial charge in [-0.15, -0.1) is 0 Å². The van der Waals surface area contributed by atoms with E-state index in [1.165, 1.54) is 89.9 Å². The van der Waals surface area contributed by atoms with E-state index in [0.717, 1.165) is 25.7 Å². The van der Waals surface area contributed by atoms with Crippen LogP contribution in [-0.2, 0) is 9.53 Å². The molecule has 0 aliphatic heterocycles. The third-order valence-corrected chi connectivity index (χ3v) is 6.14. The van der Waals surface area contributed by atoms with Crippen LogP contribution in [0.25, 0.3) is 0 Å². The number of carbonyl (C=O) groups excluding carboxylic acids is 1. The normalized spacial score (nSPS) is 13.4. The van der Waals surface area contributed by atoms with Crippen molar-refractivity contribution in [2.24, 2.45) is 0 Å². The van der Waals surface area contributed by atoms with Gasteiger partial charge in [0.25, 0.3) is 0 Å². The molecule has 0 bridgehead atoms. The summed E-state index contributed by atoms with van der Waals surface area (Å²) >= 11 is 0. The quantitative estimate of drug-likeness (QED) is 0.144. The van der Waals surface area contributed by atoms with Gasteiger partial charge in [-0.2, -0.15) is 0 Å².